The van der Waals surface area contributed by atoms with E-state index < -0.39 is 0 Å². The average Bonchev–Trinajstić information content (AvgIpc) is 3.08. The molecule has 152 valence electrons. The monoisotopic (exact) mass is 380 g/mol. The summed E-state index contributed by atoms with van der Waals surface area (Å²) in [4.78, 5) is 10.9. The Kier molecular flexibility index (Phi) is 10.3. The molecule has 1 aromatic heterocycles. The SMILES string of the molecule is C=C(C)/C(=C\C=C(C)C)CCc1ccc2c(CC=O)coc2c1CCC.CC. The predicted octanol–water partition coefficient (Wildman–Crippen LogP) is 7.55. The van der Waals surface area contributed by atoms with E-state index in [1.54, 1.807) is 6.26 Å². The summed E-state index contributed by atoms with van der Waals surface area (Å²) in [6, 6.07) is 4.31. The van der Waals surface area contributed by atoms with Crippen molar-refractivity contribution in [3.8, 4) is 0 Å². The van der Waals surface area contributed by atoms with Gasteiger partial charge < -0.3 is 9.21 Å². The largest absolute Gasteiger partial charge is 0.464 e. The third kappa shape index (κ3) is 6.37. The molecule has 0 aliphatic carbocycles. The van der Waals surface area contributed by atoms with E-state index in [9.17, 15) is 4.79 Å². The van der Waals surface area contributed by atoms with Gasteiger partial charge in [-0.05, 0) is 56.7 Å². The van der Waals surface area contributed by atoms with Crippen LogP contribution in [0.15, 0.2) is 58.3 Å². The lowest BCUT2D eigenvalue weighted by Gasteiger charge is -2.12. The minimum Gasteiger partial charge on any atom is -0.464 e. The van der Waals surface area contributed by atoms with Crippen LogP contribution in [0.25, 0.3) is 11.0 Å². The summed E-state index contributed by atoms with van der Waals surface area (Å²) in [5, 5.41) is 1.07. The zero-order chi connectivity index (χ0) is 21.1. The molecule has 2 rings (SSSR count). The third-order valence-electron chi connectivity index (χ3n) is 4.66. The van der Waals surface area contributed by atoms with E-state index in [1.807, 2.05) is 13.8 Å². The zero-order valence-electron chi connectivity index (χ0n) is 18.5. The molecule has 0 amide bonds. The van der Waals surface area contributed by atoms with Gasteiger partial charge in [0.2, 0.25) is 0 Å². The number of furan rings is 1. The van der Waals surface area contributed by atoms with Gasteiger partial charge in [-0.2, -0.15) is 0 Å². The molecule has 2 aromatic rings. The zero-order valence-corrected chi connectivity index (χ0v) is 18.5. The molecule has 0 unspecified atom stereocenters. The predicted molar refractivity (Wildman–Crippen MR) is 122 cm³/mol. The normalized spacial score (nSPS) is 11.0. The molecule has 2 nitrogen and oxygen atoms in total. The van der Waals surface area contributed by atoms with Gasteiger partial charge in [-0.15, -0.1) is 0 Å². The summed E-state index contributed by atoms with van der Waals surface area (Å²) >= 11 is 0. The van der Waals surface area contributed by atoms with Crippen LogP contribution < -0.4 is 0 Å². The van der Waals surface area contributed by atoms with Crippen LogP contribution in [0, 0.1) is 0 Å². The van der Waals surface area contributed by atoms with Gasteiger partial charge in [-0.1, -0.05) is 69.2 Å². The van der Waals surface area contributed by atoms with Gasteiger partial charge in [0, 0.05) is 17.4 Å². The maximum atomic E-state index is 10.9. The topological polar surface area (TPSA) is 30.2 Å². The number of aldehydes is 1. The Morgan fingerprint density at radius 1 is 1.07 bits per heavy atom. The minimum absolute atomic E-state index is 0.406. The van der Waals surface area contributed by atoms with E-state index in [0.29, 0.717) is 6.42 Å². The van der Waals surface area contributed by atoms with E-state index in [1.165, 1.54) is 22.3 Å². The molecule has 28 heavy (non-hydrogen) atoms. The van der Waals surface area contributed by atoms with Crippen LogP contribution in [0.3, 0.4) is 0 Å². The summed E-state index contributed by atoms with van der Waals surface area (Å²) < 4.78 is 5.86. The van der Waals surface area contributed by atoms with E-state index in [4.69, 9.17) is 4.42 Å². The van der Waals surface area contributed by atoms with Crippen molar-refractivity contribution in [2.45, 2.75) is 73.6 Å². The standard InChI is InChI=1S/C24H30O2.C2H6/c1-6-7-22-20(11-10-19(18(4)5)9-8-17(2)3)12-13-23-21(14-15-25)16-26-24(22)23;1-2/h8-9,12-13,15-16H,4,6-7,10-11,14H2,1-3,5H3;1-2H3/b19-9-;. The molecule has 2 heteroatoms. The maximum Gasteiger partial charge on any atom is 0.137 e. The first kappa shape index (κ1) is 23.7. The van der Waals surface area contributed by atoms with Crippen molar-refractivity contribution in [3.63, 3.8) is 0 Å². The molecule has 0 aliphatic rings. The van der Waals surface area contributed by atoms with Gasteiger partial charge in [0.25, 0.3) is 0 Å². The number of aryl methyl sites for hydroxylation is 2. The van der Waals surface area contributed by atoms with Crippen molar-refractivity contribution >= 4 is 17.3 Å². The fourth-order valence-electron chi connectivity index (χ4n) is 3.23. The first-order valence-corrected chi connectivity index (χ1v) is 10.4. The van der Waals surface area contributed by atoms with Crippen LogP contribution in [-0.4, -0.2) is 6.29 Å². The Hall–Kier alpha value is -2.35. The van der Waals surface area contributed by atoms with Crippen LogP contribution in [0.4, 0.5) is 0 Å². The number of fused-ring (bicyclic) bond motifs is 1. The summed E-state index contributed by atoms with van der Waals surface area (Å²) in [5.74, 6) is 0. The van der Waals surface area contributed by atoms with Gasteiger partial charge in [0.05, 0.1) is 6.26 Å². The van der Waals surface area contributed by atoms with Crippen molar-refractivity contribution in [3.05, 3.63) is 70.5 Å². The fourth-order valence-corrected chi connectivity index (χ4v) is 3.23. The first-order valence-electron chi connectivity index (χ1n) is 10.4. The second-order valence-corrected chi connectivity index (χ2v) is 7.18. The van der Waals surface area contributed by atoms with Gasteiger partial charge in [0.1, 0.15) is 11.9 Å². The lowest BCUT2D eigenvalue weighted by molar-refractivity contribution is -0.107. The van der Waals surface area contributed by atoms with Gasteiger partial charge in [-0.25, -0.2) is 0 Å². The van der Waals surface area contributed by atoms with Crippen molar-refractivity contribution in [2.24, 2.45) is 0 Å². The van der Waals surface area contributed by atoms with Gasteiger partial charge in [0.15, 0.2) is 0 Å². The second-order valence-electron chi connectivity index (χ2n) is 7.18. The maximum absolute atomic E-state index is 10.9. The van der Waals surface area contributed by atoms with Gasteiger partial charge in [-0.3, -0.25) is 0 Å². The summed E-state index contributed by atoms with van der Waals surface area (Å²) in [7, 11) is 0. The molecule has 0 radical (unpaired) electrons. The average molecular weight is 381 g/mol. The molecule has 0 N–H and O–H groups in total. The van der Waals surface area contributed by atoms with E-state index in [-0.39, 0.29) is 0 Å². The van der Waals surface area contributed by atoms with Crippen molar-refractivity contribution in [2.75, 3.05) is 0 Å². The molecular formula is C26H36O2. The summed E-state index contributed by atoms with van der Waals surface area (Å²) in [5.41, 5.74) is 8.23. The van der Waals surface area contributed by atoms with Crippen LogP contribution in [0.1, 0.15) is 71.1 Å². The number of rotatable bonds is 9. The second kappa shape index (κ2) is 12.2. The molecular weight excluding hydrogens is 344 g/mol. The molecule has 0 saturated carbocycles. The van der Waals surface area contributed by atoms with Crippen LogP contribution >= 0.6 is 0 Å². The molecule has 0 aliphatic heterocycles. The van der Waals surface area contributed by atoms with E-state index >= 15 is 0 Å². The van der Waals surface area contributed by atoms with Crippen molar-refractivity contribution in [1.29, 1.82) is 0 Å². The fraction of sp³-hybridized carbons (Fsp3) is 0.423. The number of hydrogen-bond acceptors (Lipinski definition) is 2. The summed E-state index contributed by atoms with van der Waals surface area (Å²) in [6.07, 6.45) is 11.4. The molecule has 0 saturated heterocycles. The molecule has 0 atom stereocenters. The molecule has 0 fully saturated rings. The van der Waals surface area contributed by atoms with E-state index in [2.05, 4.69) is 58.6 Å². The lowest BCUT2D eigenvalue weighted by atomic mass is 9.93. The van der Waals surface area contributed by atoms with Crippen molar-refractivity contribution in [1.82, 2.24) is 0 Å². The highest BCUT2D eigenvalue weighted by molar-refractivity contribution is 5.86. The Morgan fingerprint density at radius 2 is 1.79 bits per heavy atom. The van der Waals surface area contributed by atoms with Crippen molar-refractivity contribution < 1.29 is 9.21 Å². The third-order valence-corrected chi connectivity index (χ3v) is 4.66. The van der Waals surface area contributed by atoms with Gasteiger partial charge >= 0.3 is 0 Å². The number of allylic oxidation sites excluding steroid dienone is 5. The molecule has 0 bridgehead atoms. The highest BCUT2D eigenvalue weighted by Crippen LogP contribution is 2.30. The Labute approximate surface area is 171 Å². The van der Waals surface area contributed by atoms with E-state index in [0.717, 1.165) is 54.1 Å². The minimum atomic E-state index is 0.406. The Morgan fingerprint density at radius 3 is 2.36 bits per heavy atom. The lowest BCUT2D eigenvalue weighted by Crippen LogP contribution is -1.98. The molecule has 0 spiro atoms. The number of benzene rings is 1. The molecule has 1 aromatic carbocycles. The van der Waals surface area contributed by atoms with Crippen LogP contribution in [0.5, 0.6) is 0 Å². The quantitative estimate of drug-likeness (QED) is 0.332. The number of carbonyl (C=O) groups excluding carboxylic acids is 1. The Balaban J connectivity index is 0.00000190. The highest BCUT2D eigenvalue weighted by Gasteiger charge is 2.14. The number of hydrogen-bond donors (Lipinski definition) is 0. The molecule has 1 heterocycles. The van der Waals surface area contributed by atoms with Crippen LogP contribution in [0.2, 0.25) is 0 Å². The highest BCUT2D eigenvalue weighted by atomic mass is 16.3. The van der Waals surface area contributed by atoms with Crippen LogP contribution in [-0.2, 0) is 24.1 Å². The Bertz CT molecular complexity index is 843. The smallest absolute Gasteiger partial charge is 0.137 e. The first-order chi connectivity index (χ1) is 13.5. The number of carbonyl (C=O) groups is 1. The summed E-state index contributed by atoms with van der Waals surface area (Å²) in [6.45, 7) is 16.6.